The molecule has 3 saturated carbocycles. The van der Waals surface area contributed by atoms with E-state index in [9.17, 15) is 18.3 Å². The number of aromatic hydroxyl groups is 1. The zero-order chi connectivity index (χ0) is 25.6. The van der Waals surface area contributed by atoms with E-state index < -0.39 is 15.6 Å². The molecule has 3 aliphatic rings. The van der Waals surface area contributed by atoms with Gasteiger partial charge >= 0.3 is 5.63 Å². The third kappa shape index (κ3) is 5.59. The van der Waals surface area contributed by atoms with E-state index in [-0.39, 0.29) is 34.1 Å². The highest BCUT2D eigenvalue weighted by Crippen LogP contribution is 2.49. The molecule has 8 heteroatoms. The standard InChI is InChI=1S/C29H32N2O5S/c32-24-17-25(22(14-18-7-8-18)15-19-9-10-19)36-29(33)28(24)27(20-11-12-20)21-4-3-5-23(16-21)31-37(34,35)26-6-1-2-13-30-26/h1-6,13,16-20,22,27,31-32H,7-12,14-15H2. The molecule has 6 rings (SSSR count). The predicted octanol–water partition coefficient (Wildman–Crippen LogP) is 5.77. The van der Waals surface area contributed by atoms with Crippen LogP contribution < -0.4 is 10.3 Å². The Morgan fingerprint density at radius 2 is 1.70 bits per heavy atom. The number of hydrogen-bond acceptors (Lipinski definition) is 6. The minimum atomic E-state index is -3.86. The highest BCUT2D eigenvalue weighted by atomic mass is 32.2. The van der Waals surface area contributed by atoms with Crippen molar-refractivity contribution < 1.29 is 17.9 Å². The summed E-state index contributed by atoms with van der Waals surface area (Å²) in [7, 11) is -3.86. The second-order valence-electron chi connectivity index (χ2n) is 11.0. The van der Waals surface area contributed by atoms with Gasteiger partial charge in [0.05, 0.1) is 5.56 Å². The van der Waals surface area contributed by atoms with E-state index in [1.54, 1.807) is 36.4 Å². The number of nitrogens with zero attached hydrogens (tertiary/aromatic N) is 1. The molecule has 37 heavy (non-hydrogen) atoms. The topological polar surface area (TPSA) is 109 Å². The number of hydrogen-bond donors (Lipinski definition) is 2. The van der Waals surface area contributed by atoms with Gasteiger partial charge in [0.25, 0.3) is 10.0 Å². The molecule has 2 aromatic heterocycles. The van der Waals surface area contributed by atoms with Gasteiger partial charge in [-0.05, 0) is 73.3 Å². The summed E-state index contributed by atoms with van der Waals surface area (Å²) in [5.41, 5.74) is 0.936. The number of nitrogens with one attached hydrogen (secondary N) is 1. The van der Waals surface area contributed by atoms with Gasteiger partial charge in [-0.25, -0.2) is 9.78 Å². The van der Waals surface area contributed by atoms with Crippen LogP contribution in [0, 0.1) is 17.8 Å². The van der Waals surface area contributed by atoms with Gasteiger partial charge in [0.2, 0.25) is 0 Å². The number of benzene rings is 1. The Morgan fingerprint density at radius 1 is 0.973 bits per heavy atom. The highest BCUT2D eigenvalue weighted by molar-refractivity contribution is 7.92. The zero-order valence-electron chi connectivity index (χ0n) is 20.7. The molecule has 2 N–H and O–H groups in total. The summed E-state index contributed by atoms with van der Waals surface area (Å²) in [6.07, 6.45) is 10.3. The third-order valence-corrected chi connectivity index (χ3v) is 9.13. The van der Waals surface area contributed by atoms with Crippen LogP contribution in [0.15, 0.2) is 69.0 Å². The highest BCUT2D eigenvalue weighted by Gasteiger charge is 2.39. The molecule has 1 atom stereocenters. The minimum absolute atomic E-state index is 0.0146. The predicted molar refractivity (Wildman–Crippen MR) is 140 cm³/mol. The smallest absolute Gasteiger partial charge is 0.343 e. The van der Waals surface area contributed by atoms with Crippen molar-refractivity contribution in [2.24, 2.45) is 17.8 Å². The molecule has 2 heterocycles. The van der Waals surface area contributed by atoms with Crippen LogP contribution in [0.5, 0.6) is 5.75 Å². The lowest BCUT2D eigenvalue weighted by Gasteiger charge is -2.21. The van der Waals surface area contributed by atoms with Crippen LogP contribution in [-0.2, 0) is 10.0 Å². The first kappa shape index (κ1) is 24.2. The molecule has 3 aromatic rings. The fourth-order valence-electron chi connectivity index (χ4n) is 5.45. The first-order valence-electron chi connectivity index (χ1n) is 13.3. The summed E-state index contributed by atoms with van der Waals surface area (Å²) < 4.78 is 34.1. The fourth-order valence-corrected chi connectivity index (χ4v) is 6.45. The number of anilines is 1. The Balaban J connectivity index is 1.30. The monoisotopic (exact) mass is 520 g/mol. The van der Waals surface area contributed by atoms with Crippen molar-refractivity contribution in [3.63, 3.8) is 0 Å². The van der Waals surface area contributed by atoms with Crippen LogP contribution in [0.1, 0.15) is 80.1 Å². The second kappa shape index (κ2) is 9.63. The molecule has 0 saturated heterocycles. The van der Waals surface area contributed by atoms with Gasteiger partial charge in [0.15, 0.2) is 5.03 Å². The van der Waals surface area contributed by atoms with Crippen LogP contribution in [0.3, 0.4) is 0 Å². The third-order valence-electron chi connectivity index (χ3n) is 7.83. The number of aromatic nitrogens is 1. The first-order valence-corrected chi connectivity index (χ1v) is 14.8. The lowest BCUT2D eigenvalue weighted by atomic mass is 9.86. The Labute approximate surface area is 217 Å². The lowest BCUT2D eigenvalue weighted by molar-refractivity contribution is 0.357. The average Bonchev–Trinajstić information content (AvgIpc) is 3.72. The van der Waals surface area contributed by atoms with Gasteiger partial charge in [-0.3, -0.25) is 4.72 Å². The van der Waals surface area contributed by atoms with E-state index in [4.69, 9.17) is 4.42 Å². The molecule has 3 aliphatic carbocycles. The van der Waals surface area contributed by atoms with Crippen molar-refractivity contribution in [1.82, 2.24) is 4.98 Å². The maximum Gasteiger partial charge on any atom is 0.343 e. The minimum Gasteiger partial charge on any atom is -0.507 e. The lowest BCUT2D eigenvalue weighted by Crippen LogP contribution is -2.18. The van der Waals surface area contributed by atoms with Gasteiger partial charge in [-0.1, -0.05) is 43.9 Å². The normalized spacial score (nSPS) is 18.6. The molecule has 1 aromatic carbocycles. The molecule has 7 nitrogen and oxygen atoms in total. The van der Waals surface area contributed by atoms with Crippen LogP contribution in [-0.4, -0.2) is 18.5 Å². The van der Waals surface area contributed by atoms with Gasteiger partial charge in [0.1, 0.15) is 11.5 Å². The number of rotatable bonds is 11. The molecular weight excluding hydrogens is 488 g/mol. The van der Waals surface area contributed by atoms with E-state index in [2.05, 4.69) is 9.71 Å². The SMILES string of the molecule is O=c1oc(C(CC2CC2)CC2CC2)cc(O)c1C(c1cccc(NS(=O)(=O)c2ccccn2)c1)C1CC1. The Morgan fingerprint density at radius 3 is 2.30 bits per heavy atom. The van der Waals surface area contributed by atoms with E-state index in [0.717, 1.165) is 31.2 Å². The molecule has 0 spiro atoms. The molecule has 3 fully saturated rings. The maximum absolute atomic E-state index is 13.4. The summed E-state index contributed by atoms with van der Waals surface area (Å²) in [6.45, 7) is 0. The fraction of sp³-hybridized carbons (Fsp3) is 0.448. The van der Waals surface area contributed by atoms with Crippen LogP contribution in [0.2, 0.25) is 0 Å². The molecular formula is C29H32N2O5S. The van der Waals surface area contributed by atoms with Crippen molar-refractivity contribution in [2.45, 2.75) is 68.2 Å². The summed E-state index contributed by atoms with van der Waals surface area (Å²) in [4.78, 5) is 17.3. The molecule has 0 aliphatic heterocycles. The van der Waals surface area contributed by atoms with Crippen LogP contribution >= 0.6 is 0 Å². The van der Waals surface area contributed by atoms with Crippen molar-refractivity contribution in [3.8, 4) is 5.75 Å². The van der Waals surface area contributed by atoms with Gasteiger partial charge in [-0.15, -0.1) is 0 Å². The molecule has 0 amide bonds. The zero-order valence-corrected chi connectivity index (χ0v) is 21.5. The Kier molecular flexibility index (Phi) is 6.31. The molecule has 0 radical (unpaired) electrons. The van der Waals surface area contributed by atoms with Gasteiger partial charge in [-0.2, -0.15) is 8.42 Å². The molecule has 194 valence electrons. The Bertz CT molecular complexity index is 1430. The number of sulfonamides is 1. The Hall–Kier alpha value is -3.13. The van der Waals surface area contributed by atoms with Gasteiger partial charge < -0.3 is 9.52 Å². The van der Waals surface area contributed by atoms with Crippen molar-refractivity contribution in [3.05, 3.63) is 82.0 Å². The molecule has 0 bridgehead atoms. The van der Waals surface area contributed by atoms with Crippen molar-refractivity contribution in [2.75, 3.05) is 4.72 Å². The van der Waals surface area contributed by atoms with Crippen LogP contribution in [0.4, 0.5) is 5.69 Å². The summed E-state index contributed by atoms with van der Waals surface area (Å²) >= 11 is 0. The molecule has 1 unspecified atom stereocenters. The summed E-state index contributed by atoms with van der Waals surface area (Å²) in [5, 5.41) is 11.1. The van der Waals surface area contributed by atoms with E-state index in [1.807, 2.05) is 6.07 Å². The van der Waals surface area contributed by atoms with Crippen LogP contribution in [0.25, 0.3) is 0 Å². The average molecular weight is 521 g/mol. The van der Waals surface area contributed by atoms with E-state index in [1.165, 1.54) is 37.9 Å². The second-order valence-corrected chi connectivity index (χ2v) is 12.6. The van der Waals surface area contributed by atoms with Crippen molar-refractivity contribution in [1.29, 1.82) is 0 Å². The van der Waals surface area contributed by atoms with Gasteiger partial charge in [0, 0.05) is 29.8 Å². The van der Waals surface area contributed by atoms with E-state index in [0.29, 0.717) is 23.3 Å². The largest absolute Gasteiger partial charge is 0.507 e. The quantitative estimate of drug-likeness (QED) is 0.332. The van der Waals surface area contributed by atoms with Crippen molar-refractivity contribution >= 4 is 15.7 Å². The maximum atomic E-state index is 13.4. The summed E-state index contributed by atoms with van der Waals surface area (Å²) in [6, 6.07) is 13.4. The van der Waals surface area contributed by atoms with E-state index >= 15 is 0 Å². The number of pyridine rings is 1. The summed E-state index contributed by atoms with van der Waals surface area (Å²) in [5.74, 6) is 2.00. The first-order chi connectivity index (χ1) is 17.9.